The molecule has 21 heavy (non-hydrogen) atoms. The van der Waals surface area contributed by atoms with Crippen LogP contribution in [0.25, 0.3) is 11.0 Å². The molecule has 0 saturated heterocycles. The Bertz CT molecular complexity index is 795. The number of fused-ring (bicyclic) bond motifs is 1. The lowest BCUT2D eigenvalue weighted by Gasteiger charge is -2.11. The molecule has 0 bridgehead atoms. The molecule has 0 saturated carbocycles. The van der Waals surface area contributed by atoms with Gasteiger partial charge in [-0.15, -0.1) is 11.6 Å². The fourth-order valence-electron chi connectivity index (χ4n) is 2.43. The van der Waals surface area contributed by atoms with Crippen LogP contribution in [0.2, 0.25) is 0 Å². The van der Waals surface area contributed by atoms with Crippen molar-refractivity contribution in [2.24, 2.45) is 0 Å². The van der Waals surface area contributed by atoms with Gasteiger partial charge >= 0.3 is 0 Å². The summed E-state index contributed by atoms with van der Waals surface area (Å²) in [5.41, 5.74) is 3.55. The van der Waals surface area contributed by atoms with E-state index in [2.05, 4.69) is 9.97 Å². The number of pyridine rings is 1. The molecule has 0 aliphatic rings. The highest BCUT2D eigenvalue weighted by Crippen LogP contribution is 2.26. The molecule has 0 radical (unpaired) electrons. The van der Waals surface area contributed by atoms with Crippen LogP contribution in [-0.4, -0.2) is 14.5 Å². The van der Waals surface area contributed by atoms with Crippen LogP contribution < -0.4 is 0 Å². The summed E-state index contributed by atoms with van der Waals surface area (Å²) in [6.45, 7) is 4.45. The van der Waals surface area contributed by atoms with E-state index in [4.69, 9.17) is 11.6 Å². The van der Waals surface area contributed by atoms with Gasteiger partial charge in [-0.05, 0) is 37.6 Å². The van der Waals surface area contributed by atoms with Gasteiger partial charge in [0.25, 0.3) is 0 Å². The lowest BCUT2D eigenvalue weighted by Crippen LogP contribution is -2.08. The van der Waals surface area contributed by atoms with E-state index in [0.29, 0.717) is 12.1 Å². The first-order chi connectivity index (χ1) is 10.1. The van der Waals surface area contributed by atoms with Crippen molar-refractivity contribution in [2.45, 2.75) is 25.8 Å². The predicted octanol–water partition coefficient (Wildman–Crippen LogP) is 4.23. The van der Waals surface area contributed by atoms with Gasteiger partial charge in [-0.3, -0.25) is 4.98 Å². The minimum atomic E-state index is -0.296. The zero-order valence-electron chi connectivity index (χ0n) is 11.8. The lowest BCUT2D eigenvalue weighted by molar-refractivity contribution is 0.629. The molecule has 5 heteroatoms. The van der Waals surface area contributed by atoms with Crippen LogP contribution in [-0.2, 0) is 6.54 Å². The third-order valence-corrected chi connectivity index (χ3v) is 3.72. The van der Waals surface area contributed by atoms with Gasteiger partial charge in [-0.1, -0.05) is 6.07 Å². The monoisotopic (exact) mass is 303 g/mol. The molecule has 0 amide bonds. The maximum Gasteiger partial charge on any atom is 0.128 e. The minimum absolute atomic E-state index is 0.260. The summed E-state index contributed by atoms with van der Waals surface area (Å²) in [5, 5.41) is -0.260. The first-order valence-corrected chi connectivity index (χ1v) is 7.20. The molecule has 3 rings (SSSR count). The smallest absolute Gasteiger partial charge is 0.128 e. The Morgan fingerprint density at radius 1 is 1.33 bits per heavy atom. The average molecular weight is 304 g/mol. The SMILES string of the molecule is Cc1cccnc1Cn1c(C(C)Cl)nc2cc(F)ccc21. The summed E-state index contributed by atoms with van der Waals surface area (Å²) >= 11 is 6.23. The van der Waals surface area contributed by atoms with Crippen molar-refractivity contribution >= 4 is 22.6 Å². The van der Waals surface area contributed by atoms with Crippen LogP contribution in [0.4, 0.5) is 4.39 Å². The van der Waals surface area contributed by atoms with Crippen molar-refractivity contribution in [3.63, 3.8) is 0 Å². The number of benzene rings is 1. The summed E-state index contributed by atoms with van der Waals surface area (Å²) in [7, 11) is 0. The van der Waals surface area contributed by atoms with Crippen molar-refractivity contribution in [1.29, 1.82) is 0 Å². The molecule has 3 nitrogen and oxygen atoms in total. The number of aromatic nitrogens is 3. The van der Waals surface area contributed by atoms with E-state index >= 15 is 0 Å². The Labute approximate surface area is 127 Å². The van der Waals surface area contributed by atoms with E-state index in [0.717, 1.165) is 22.6 Å². The Morgan fingerprint density at radius 2 is 2.14 bits per heavy atom. The zero-order valence-corrected chi connectivity index (χ0v) is 12.6. The maximum atomic E-state index is 13.4. The van der Waals surface area contributed by atoms with E-state index in [1.807, 2.05) is 30.5 Å². The van der Waals surface area contributed by atoms with Crippen molar-refractivity contribution in [2.75, 3.05) is 0 Å². The van der Waals surface area contributed by atoms with E-state index in [1.165, 1.54) is 12.1 Å². The summed E-state index contributed by atoms with van der Waals surface area (Å²) in [4.78, 5) is 8.87. The van der Waals surface area contributed by atoms with Crippen LogP contribution in [0.15, 0.2) is 36.5 Å². The number of hydrogen-bond acceptors (Lipinski definition) is 2. The van der Waals surface area contributed by atoms with Crippen LogP contribution in [0.1, 0.15) is 29.4 Å². The Morgan fingerprint density at radius 3 is 2.86 bits per heavy atom. The Kier molecular flexibility index (Phi) is 3.64. The number of alkyl halides is 1. The van der Waals surface area contributed by atoms with Crippen LogP contribution >= 0.6 is 11.6 Å². The minimum Gasteiger partial charge on any atom is -0.321 e. The first kappa shape index (κ1) is 14.0. The highest BCUT2D eigenvalue weighted by atomic mass is 35.5. The van der Waals surface area contributed by atoms with E-state index in [-0.39, 0.29) is 11.2 Å². The number of rotatable bonds is 3. The van der Waals surface area contributed by atoms with Crippen LogP contribution in [0, 0.1) is 12.7 Å². The number of nitrogens with zero attached hydrogens (tertiary/aromatic N) is 3. The molecular weight excluding hydrogens is 289 g/mol. The van der Waals surface area contributed by atoms with Gasteiger partial charge in [-0.2, -0.15) is 0 Å². The van der Waals surface area contributed by atoms with Gasteiger partial charge < -0.3 is 4.57 Å². The zero-order chi connectivity index (χ0) is 15.0. The van der Waals surface area contributed by atoms with Crippen molar-refractivity contribution in [3.05, 3.63) is 59.4 Å². The highest BCUT2D eigenvalue weighted by Gasteiger charge is 2.16. The van der Waals surface area contributed by atoms with E-state index in [9.17, 15) is 4.39 Å². The second-order valence-electron chi connectivity index (χ2n) is 5.07. The predicted molar refractivity (Wildman–Crippen MR) is 82.0 cm³/mol. The Hall–Kier alpha value is -1.94. The van der Waals surface area contributed by atoms with Gasteiger partial charge in [0.1, 0.15) is 11.6 Å². The average Bonchev–Trinajstić information content (AvgIpc) is 2.79. The summed E-state index contributed by atoms with van der Waals surface area (Å²) in [5.74, 6) is 0.428. The van der Waals surface area contributed by atoms with Crippen molar-refractivity contribution < 1.29 is 4.39 Å². The van der Waals surface area contributed by atoms with Gasteiger partial charge in [0.2, 0.25) is 0 Å². The summed E-state index contributed by atoms with van der Waals surface area (Å²) in [6.07, 6.45) is 1.77. The quantitative estimate of drug-likeness (QED) is 0.678. The first-order valence-electron chi connectivity index (χ1n) is 6.76. The molecule has 2 aromatic heterocycles. The van der Waals surface area contributed by atoms with Crippen LogP contribution in [0.3, 0.4) is 0 Å². The standard InChI is InChI=1S/C16H15ClFN3/c1-10-4-3-7-19-14(10)9-21-15-6-5-12(18)8-13(15)20-16(21)11(2)17/h3-8,11H,9H2,1-2H3. The van der Waals surface area contributed by atoms with E-state index < -0.39 is 0 Å². The molecule has 108 valence electrons. The maximum absolute atomic E-state index is 13.4. The number of imidazole rings is 1. The fourth-order valence-corrected chi connectivity index (χ4v) is 2.59. The Balaban J connectivity index is 2.16. The second-order valence-corrected chi connectivity index (χ2v) is 5.73. The molecule has 0 fully saturated rings. The summed E-state index contributed by atoms with van der Waals surface area (Å²) < 4.78 is 15.4. The molecular formula is C16H15ClFN3. The molecule has 3 aromatic rings. The van der Waals surface area contributed by atoms with Crippen molar-refractivity contribution in [3.8, 4) is 0 Å². The lowest BCUT2D eigenvalue weighted by atomic mass is 10.2. The number of halogens is 2. The normalized spacial score (nSPS) is 12.8. The van der Waals surface area contributed by atoms with Crippen molar-refractivity contribution in [1.82, 2.24) is 14.5 Å². The molecule has 0 spiro atoms. The number of hydrogen-bond donors (Lipinski definition) is 0. The molecule has 0 N–H and O–H groups in total. The largest absolute Gasteiger partial charge is 0.321 e. The highest BCUT2D eigenvalue weighted by molar-refractivity contribution is 6.20. The molecule has 0 aliphatic heterocycles. The molecule has 2 heterocycles. The molecule has 0 aliphatic carbocycles. The van der Waals surface area contributed by atoms with Crippen LogP contribution in [0.5, 0.6) is 0 Å². The number of aryl methyl sites for hydroxylation is 1. The van der Waals surface area contributed by atoms with E-state index in [1.54, 1.807) is 12.3 Å². The molecule has 1 unspecified atom stereocenters. The van der Waals surface area contributed by atoms with Gasteiger partial charge in [0, 0.05) is 12.3 Å². The van der Waals surface area contributed by atoms with Gasteiger partial charge in [0.15, 0.2) is 0 Å². The topological polar surface area (TPSA) is 30.7 Å². The molecule has 1 atom stereocenters. The van der Waals surface area contributed by atoms with Gasteiger partial charge in [0.05, 0.1) is 28.6 Å². The molecule has 1 aromatic carbocycles. The summed E-state index contributed by atoms with van der Waals surface area (Å²) in [6, 6.07) is 8.53. The van der Waals surface area contributed by atoms with Gasteiger partial charge in [-0.25, -0.2) is 9.37 Å². The second kappa shape index (κ2) is 5.45. The third kappa shape index (κ3) is 2.63. The third-order valence-electron chi connectivity index (χ3n) is 3.52. The fraction of sp³-hybridized carbons (Fsp3) is 0.250.